The predicted molar refractivity (Wildman–Crippen MR) is 70.2 cm³/mol. The third-order valence-corrected chi connectivity index (χ3v) is 2.53. The average Bonchev–Trinajstić information content (AvgIpc) is 2.77. The smallest absolute Gasteiger partial charge is 0.418 e. The predicted octanol–water partition coefficient (Wildman–Crippen LogP) is 3.95. The van der Waals surface area contributed by atoms with Gasteiger partial charge in [-0.1, -0.05) is 13.0 Å². The van der Waals surface area contributed by atoms with Crippen LogP contribution in [0.3, 0.4) is 0 Å². The van der Waals surface area contributed by atoms with Gasteiger partial charge in [-0.25, -0.2) is 9.69 Å². The summed E-state index contributed by atoms with van der Waals surface area (Å²) in [7, 11) is 0. The SMILES string of the molecule is CC/C=C1/C=CN(C(=O)OC(C)C)c2ccoc21. The van der Waals surface area contributed by atoms with Crippen molar-refractivity contribution in [3.05, 3.63) is 36.4 Å². The summed E-state index contributed by atoms with van der Waals surface area (Å²) in [5, 5.41) is 0. The molecule has 0 fully saturated rings. The Labute approximate surface area is 107 Å². The molecule has 0 N–H and O–H groups in total. The Bertz CT molecular complexity index is 497. The van der Waals surface area contributed by atoms with Crippen LogP contribution >= 0.6 is 0 Å². The van der Waals surface area contributed by atoms with Crippen LogP contribution in [0.25, 0.3) is 5.57 Å². The molecule has 1 aromatic heterocycles. The van der Waals surface area contributed by atoms with Crippen molar-refractivity contribution >= 4 is 17.4 Å². The topological polar surface area (TPSA) is 42.7 Å². The van der Waals surface area contributed by atoms with Crippen LogP contribution in [0.2, 0.25) is 0 Å². The number of carbonyl (C=O) groups excluding carboxylic acids is 1. The van der Waals surface area contributed by atoms with Crippen LogP contribution in [0.4, 0.5) is 10.5 Å². The van der Waals surface area contributed by atoms with Gasteiger partial charge in [0.05, 0.1) is 18.1 Å². The maximum atomic E-state index is 11.9. The molecule has 1 aliphatic rings. The molecule has 96 valence electrons. The number of fused-ring (bicyclic) bond motifs is 1. The molecule has 0 saturated carbocycles. The fourth-order valence-corrected chi connectivity index (χ4v) is 1.82. The summed E-state index contributed by atoms with van der Waals surface area (Å²) >= 11 is 0. The molecule has 0 atom stereocenters. The lowest BCUT2D eigenvalue weighted by molar-refractivity contribution is 0.124. The Morgan fingerprint density at radius 2 is 2.33 bits per heavy atom. The van der Waals surface area contributed by atoms with Gasteiger partial charge in [-0.2, -0.15) is 0 Å². The molecule has 0 spiro atoms. The van der Waals surface area contributed by atoms with Gasteiger partial charge in [-0.15, -0.1) is 0 Å². The number of rotatable bonds is 2. The van der Waals surface area contributed by atoms with Crippen LogP contribution in [-0.4, -0.2) is 12.2 Å². The van der Waals surface area contributed by atoms with Gasteiger partial charge in [-0.3, -0.25) is 0 Å². The lowest BCUT2D eigenvalue weighted by atomic mass is 10.1. The van der Waals surface area contributed by atoms with Crippen LogP contribution in [0.5, 0.6) is 0 Å². The zero-order valence-corrected chi connectivity index (χ0v) is 10.8. The summed E-state index contributed by atoms with van der Waals surface area (Å²) in [4.78, 5) is 13.4. The number of carbonyl (C=O) groups is 1. The molecule has 0 radical (unpaired) electrons. The Balaban J connectivity index is 2.30. The summed E-state index contributed by atoms with van der Waals surface area (Å²) in [6.07, 6.45) is 7.59. The van der Waals surface area contributed by atoms with E-state index in [1.165, 1.54) is 4.90 Å². The van der Waals surface area contributed by atoms with E-state index >= 15 is 0 Å². The lowest BCUT2D eigenvalue weighted by Crippen LogP contribution is -2.29. The Kier molecular flexibility index (Phi) is 3.55. The van der Waals surface area contributed by atoms with Crippen molar-refractivity contribution in [1.82, 2.24) is 0 Å². The van der Waals surface area contributed by atoms with Crippen molar-refractivity contribution in [3.8, 4) is 0 Å². The number of allylic oxidation sites excluding steroid dienone is 3. The fourth-order valence-electron chi connectivity index (χ4n) is 1.82. The van der Waals surface area contributed by atoms with Crippen molar-refractivity contribution in [1.29, 1.82) is 0 Å². The van der Waals surface area contributed by atoms with E-state index in [4.69, 9.17) is 9.15 Å². The molecule has 0 saturated heterocycles. The van der Waals surface area contributed by atoms with Crippen LogP contribution in [0.1, 0.15) is 33.0 Å². The molecule has 0 bridgehead atoms. The molecule has 1 aromatic rings. The van der Waals surface area contributed by atoms with E-state index in [0.717, 1.165) is 17.7 Å². The molecule has 2 heterocycles. The minimum Gasteiger partial charge on any atom is -0.462 e. The van der Waals surface area contributed by atoms with Gasteiger partial charge in [0, 0.05) is 17.8 Å². The van der Waals surface area contributed by atoms with Crippen molar-refractivity contribution in [2.45, 2.75) is 33.3 Å². The van der Waals surface area contributed by atoms with Crippen LogP contribution in [-0.2, 0) is 4.74 Å². The normalized spacial score (nSPS) is 16.2. The van der Waals surface area contributed by atoms with Crippen molar-refractivity contribution in [3.63, 3.8) is 0 Å². The first kappa shape index (κ1) is 12.5. The van der Waals surface area contributed by atoms with E-state index in [2.05, 4.69) is 13.0 Å². The summed E-state index contributed by atoms with van der Waals surface area (Å²) in [5.74, 6) is 0.708. The van der Waals surface area contributed by atoms with Crippen molar-refractivity contribution in [2.75, 3.05) is 4.90 Å². The Hall–Kier alpha value is -1.97. The van der Waals surface area contributed by atoms with Crippen molar-refractivity contribution in [2.24, 2.45) is 0 Å². The molecular weight excluding hydrogens is 230 g/mol. The molecule has 4 nitrogen and oxygen atoms in total. The number of anilines is 1. The summed E-state index contributed by atoms with van der Waals surface area (Å²) in [5.41, 5.74) is 1.72. The highest BCUT2D eigenvalue weighted by molar-refractivity contribution is 5.97. The molecule has 0 aliphatic carbocycles. The molecule has 0 unspecified atom stereocenters. The molecular formula is C14H17NO3. The number of ether oxygens (including phenoxy) is 1. The lowest BCUT2D eigenvalue weighted by Gasteiger charge is -2.22. The van der Waals surface area contributed by atoms with E-state index in [9.17, 15) is 4.79 Å². The molecule has 2 rings (SSSR count). The largest absolute Gasteiger partial charge is 0.462 e. The van der Waals surface area contributed by atoms with Gasteiger partial charge in [0.1, 0.15) is 0 Å². The van der Waals surface area contributed by atoms with Crippen molar-refractivity contribution < 1.29 is 13.9 Å². The number of nitrogens with zero attached hydrogens (tertiary/aromatic N) is 1. The second-order valence-electron chi connectivity index (χ2n) is 4.32. The zero-order chi connectivity index (χ0) is 13.1. The minimum absolute atomic E-state index is 0.145. The quantitative estimate of drug-likeness (QED) is 0.794. The van der Waals surface area contributed by atoms with Gasteiger partial charge < -0.3 is 9.15 Å². The molecule has 1 aliphatic heterocycles. The minimum atomic E-state index is -0.389. The third kappa shape index (κ3) is 2.32. The summed E-state index contributed by atoms with van der Waals surface area (Å²) in [6.45, 7) is 5.71. The van der Waals surface area contributed by atoms with Gasteiger partial charge in [0.25, 0.3) is 0 Å². The number of hydrogen-bond donors (Lipinski definition) is 0. The van der Waals surface area contributed by atoms with Crippen LogP contribution in [0.15, 0.2) is 35.1 Å². The highest BCUT2D eigenvalue weighted by atomic mass is 16.6. The number of furan rings is 1. The van der Waals surface area contributed by atoms with E-state index < -0.39 is 0 Å². The van der Waals surface area contributed by atoms with E-state index in [-0.39, 0.29) is 12.2 Å². The monoisotopic (exact) mass is 247 g/mol. The molecule has 1 amide bonds. The highest BCUT2D eigenvalue weighted by Gasteiger charge is 2.25. The standard InChI is InChI=1S/C14H17NO3/c1-4-5-11-6-8-15(14(16)18-10(2)3)12-7-9-17-13(11)12/h5-10H,4H2,1-3H3/b11-5-. The van der Waals surface area contributed by atoms with E-state index in [0.29, 0.717) is 5.76 Å². The van der Waals surface area contributed by atoms with Crippen LogP contribution < -0.4 is 4.90 Å². The van der Waals surface area contributed by atoms with Gasteiger partial charge in [0.15, 0.2) is 5.76 Å². The maximum absolute atomic E-state index is 11.9. The first-order chi connectivity index (χ1) is 8.63. The zero-order valence-electron chi connectivity index (χ0n) is 10.8. The molecule has 18 heavy (non-hydrogen) atoms. The second kappa shape index (κ2) is 5.12. The first-order valence-electron chi connectivity index (χ1n) is 6.09. The Morgan fingerprint density at radius 1 is 1.56 bits per heavy atom. The highest BCUT2D eigenvalue weighted by Crippen LogP contribution is 2.34. The summed E-state index contributed by atoms with van der Waals surface area (Å²) < 4.78 is 10.6. The summed E-state index contributed by atoms with van der Waals surface area (Å²) in [6, 6.07) is 1.77. The van der Waals surface area contributed by atoms with E-state index in [1.807, 2.05) is 19.9 Å². The van der Waals surface area contributed by atoms with Gasteiger partial charge in [0.2, 0.25) is 0 Å². The molecule has 4 heteroatoms. The second-order valence-corrected chi connectivity index (χ2v) is 4.32. The van der Waals surface area contributed by atoms with E-state index in [1.54, 1.807) is 18.5 Å². The van der Waals surface area contributed by atoms with Crippen LogP contribution in [0, 0.1) is 0 Å². The maximum Gasteiger partial charge on any atom is 0.418 e. The number of hydrogen-bond acceptors (Lipinski definition) is 3. The number of amides is 1. The molecule has 0 aromatic carbocycles. The fraction of sp³-hybridized carbons (Fsp3) is 0.357. The van der Waals surface area contributed by atoms with Gasteiger partial charge >= 0.3 is 6.09 Å². The first-order valence-corrected chi connectivity index (χ1v) is 6.09. The third-order valence-electron chi connectivity index (χ3n) is 2.53. The average molecular weight is 247 g/mol. The Morgan fingerprint density at radius 3 is 3.00 bits per heavy atom. The van der Waals surface area contributed by atoms with Gasteiger partial charge in [-0.05, 0) is 26.3 Å².